The predicted molar refractivity (Wildman–Crippen MR) is 128 cm³/mol. The summed E-state index contributed by atoms with van der Waals surface area (Å²) in [5, 5.41) is 1.91. The fourth-order valence-corrected chi connectivity index (χ4v) is 5.34. The van der Waals surface area contributed by atoms with Crippen LogP contribution in [-0.2, 0) is 6.18 Å². The highest BCUT2D eigenvalue weighted by Crippen LogP contribution is 2.46. The molecule has 2 aromatic heterocycles. The van der Waals surface area contributed by atoms with Gasteiger partial charge in [0, 0.05) is 49.4 Å². The number of anilines is 2. The quantitative estimate of drug-likeness (QED) is 0.333. The highest BCUT2D eigenvalue weighted by Gasteiger charge is 2.36. The Labute approximate surface area is 203 Å². The number of pyridine rings is 2. The predicted octanol–water partition coefficient (Wildman–Crippen LogP) is 5.80. The lowest BCUT2D eigenvalue weighted by atomic mass is 10.0. The number of hydrogen-bond donors (Lipinski definition) is 2. The second kappa shape index (κ2) is 9.97. The van der Waals surface area contributed by atoms with Gasteiger partial charge in [0.25, 0.3) is 0 Å². The molecule has 180 valence electrons. The van der Waals surface area contributed by atoms with Crippen molar-refractivity contribution in [3.05, 3.63) is 64.7 Å². The Morgan fingerprint density at radius 2 is 1.85 bits per heavy atom. The molecule has 1 aliphatic heterocycles. The third-order valence-corrected chi connectivity index (χ3v) is 7.10. The second-order valence-electron chi connectivity index (χ2n) is 7.83. The number of aromatic nitrogens is 2. The molecule has 1 saturated heterocycles. The number of nitrogens with one attached hydrogen (secondary N) is 1. The zero-order valence-electron chi connectivity index (χ0n) is 18.2. The van der Waals surface area contributed by atoms with Crippen LogP contribution in [0.3, 0.4) is 0 Å². The van der Waals surface area contributed by atoms with Crippen LogP contribution >= 0.6 is 23.4 Å². The number of nitrogens with zero attached hydrogens (tertiary/aromatic N) is 3. The van der Waals surface area contributed by atoms with Gasteiger partial charge in [0.2, 0.25) is 0 Å². The Hall–Kier alpha value is -2.56. The lowest BCUT2D eigenvalue weighted by molar-refractivity contribution is -0.138. The SMILES string of the molecule is CC(Sc1cc(-c2ccnc(N3CCNCC3)c2)cnc1N)c1c(C(F)(F)F)ccc(F)c1Cl. The minimum atomic E-state index is -4.68. The molecule has 0 aliphatic carbocycles. The van der Waals surface area contributed by atoms with Crippen LogP contribution in [0, 0.1) is 5.82 Å². The maximum absolute atomic E-state index is 14.0. The molecular weight excluding hydrogens is 490 g/mol. The van der Waals surface area contributed by atoms with Crippen molar-refractivity contribution in [3.63, 3.8) is 0 Å². The van der Waals surface area contributed by atoms with Crippen molar-refractivity contribution in [2.45, 2.75) is 23.2 Å². The highest BCUT2D eigenvalue weighted by molar-refractivity contribution is 7.99. The summed E-state index contributed by atoms with van der Waals surface area (Å²) in [6, 6.07) is 6.98. The van der Waals surface area contributed by atoms with E-state index >= 15 is 0 Å². The summed E-state index contributed by atoms with van der Waals surface area (Å²) in [7, 11) is 0. The fourth-order valence-electron chi connectivity index (χ4n) is 3.83. The van der Waals surface area contributed by atoms with Crippen molar-refractivity contribution < 1.29 is 17.6 Å². The van der Waals surface area contributed by atoms with E-state index in [2.05, 4.69) is 20.2 Å². The molecule has 1 aromatic carbocycles. The summed E-state index contributed by atoms with van der Waals surface area (Å²) < 4.78 is 54.8. The molecular formula is C23H22ClF4N5S. The van der Waals surface area contributed by atoms with Gasteiger partial charge in [-0.15, -0.1) is 11.8 Å². The summed E-state index contributed by atoms with van der Waals surface area (Å²) in [6.07, 6.45) is -1.36. The molecule has 1 aliphatic rings. The summed E-state index contributed by atoms with van der Waals surface area (Å²) in [5.41, 5.74) is 6.34. The normalized spacial score (nSPS) is 15.4. The summed E-state index contributed by atoms with van der Waals surface area (Å²) in [6.45, 7) is 4.95. The van der Waals surface area contributed by atoms with Crippen LogP contribution in [0.25, 0.3) is 11.1 Å². The van der Waals surface area contributed by atoms with Crippen LogP contribution in [0.15, 0.2) is 47.6 Å². The van der Waals surface area contributed by atoms with E-state index in [1.54, 1.807) is 18.5 Å². The second-order valence-corrected chi connectivity index (χ2v) is 9.59. The van der Waals surface area contributed by atoms with Crippen molar-refractivity contribution in [1.82, 2.24) is 15.3 Å². The van der Waals surface area contributed by atoms with Gasteiger partial charge in [0.1, 0.15) is 17.5 Å². The third-order valence-electron chi connectivity index (χ3n) is 5.55. The summed E-state index contributed by atoms with van der Waals surface area (Å²) in [4.78, 5) is 11.3. The zero-order chi connectivity index (χ0) is 24.5. The van der Waals surface area contributed by atoms with Crippen molar-refractivity contribution >= 4 is 35.0 Å². The monoisotopic (exact) mass is 511 g/mol. The highest BCUT2D eigenvalue weighted by atomic mass is 35.5. The topological polar surface area (TPSA) is 67.1 Å². The molecule has 0 spiro atoms. The van der Waals surface area contributed by atoms with Crippen LogP contribution in [0.5, 0.6) is 0 Å². The number of nitrogens with two attached hydrogens (primary N) is 1. The summed E-state index contributed by atoms with van der Waals surface area (Å²) in [5.74, 6) is 0.0898. The van der Waals surface area contributed by atoms with Gasteiger partial charge in [-0.3, -0.25) is 0 Å². The Morgan fingerprint density at radius 3 is 2.56 bits per heavy atom. The van der Waals surface area contributed by atoms with Gasteiger partial charge < -0.3 is 16.0 Å². The van der Waals surface area contributed by atoms with Crippen LogP contribution in [0.4, 0.5) is 29.2 Å². The van der Waals surface area contributed by atoms with Gasteiger partial charge in [0.05, 0.1) is 15.5 Å². The van der Waals surface area contributed by atoms with Gasteiger partial charge in [-0.05, 0) is 48.4 Å². The number of piperazine rings is 1. The van der Waals surface area contributed by atoms with Crippen molar-refractivity contribution in [2.75, 3.05) is 36.8 Å². The average Bonchev–Trinajstić information content (AvgIpc) is 2.82. The number of benzene rings is 1. The maximum Gasteiger partial charge on any atom is 0.416 e. The number of hydrogen-bond acceptors (Lipinski definition) is 6. The molecule has 34 heavy (non-hydrogen) atoms. The van der Waals surface area contributed by atoms with E-state index in [4.69, 9.17) is 17.3 Å². The van der Waals surface area contributed by atoms with Crippen molar-refractivity contribution in [2.24, 2.45) is 0 Å². The third kappa shape index (κ3) is 5.24. The van der Waals surface area contributed by atoms with E-state index in [0.717, 1.165) is 61.0 Å². The first-order valence-corrected chi connectivity index (χ1v) is 11.8. The van der Waals surface area contributed by atoms with Crippen molar-refractivity contribution in [3.8, 4) is 11.1 Å². The Kier molecular flexibility index (Phi) is 7.20. The van der Waals surface area contributed by atoms with Gasteiger partial charge in [-0.25, -0.2) is 14.4 Å². The number of alkyl halides is 3. The summed E-state index contributed by atoms with van der Waals surface area (Å²) >= 11 is 7.02. The van der Waals surface area contributed by atoms with Crippen LogP contribution in [0.1, 0.15) is 23.3 Å². The molecule has 1 unspecified atom stereocenters. The van der Waals surface area contributed by atoms with E-state index < -0.39 is 27.8 Å². The molecule has 1 fully saturated rings. The molecule has 4 rings (SSSR count). The molecule has 3 heterocycles. The lowest BCUT2D eigenvalue weighted by Gasteiger charge is -2.28. The lowest BCUT2D eigenvalue weighted by Crippen LogP contribution is -2.43. The largest absolute Gasteiger partial charge is 0.416 e. The minimum absolute atomic E-state index is 0.165. The number of thioether (sulfide) groups is 1. The van der Waals surface area contributed by atoms with E-state index in [9.17, 15) is 17.6 Å². The standard InChI is InChI=1S/C23H22ClF4N5S/c1-13(20-16(23(26,27)28)2-3-17(25)21(20)24)34-18-10-15(12-32-22(18)29)14-4-5-31-19(11-14)33-8-6-30-7-9-33/h2-5,10-13,30H,6-9H2,1H3,(H2,29,32). The number of halogens is 5. The van der Waals surface area contributed by atoms with Crippen molar-refractivity contribution in [1.29, 1.82) is 0 Å². The smallest absolute Gasteiger partial charge is 0.383 e. The Morgan fingerprint density at radius 1 is 1.12 bits per heavy atom. The minimum Gasteiger partial charge on any atom is -0.383 e. The van der Waals surface area contributed by atoms with Gasteiger partial charge in [-0.2, -0.15) is 13.2 Å². The first-order valence-electron chi connectivity index (χ1n) is 10.5. The van der Waals surface area contributed by atoms with E-state index in [-0.39, 0.29) is 11.4 Å². The maximum atomic E-state index is 14.0. The molecule has 0 radical (unpaired) electrons. The molecule has 0 saturated carbocycles. The molecule has 0 bridgehead atoms. The van der Waals surface area contributed by atoms with Gasteiger partial charge in [-0.1, -0.05) is 11.6 Å². The molecule has 3 N–H and O–H groups in total. The Bertz CT molecular complexity index is 1180. The van der Waals surface area contributed by atoms with Crippen LogP contribution < -0.4 is 16.0 Å². The van der Waals surface area contributed by atoms with Crippen LogP contribution in [-0.4, -0.2) is 36.1 Å². The number of rotatable bonds is 5. The number of nitrogen functional groups attached to an aromatic ring is 1. The fraction of sp³-hybridized carbons (Fsp3) is 0.304. The molecule has 11 heteroatoms. The van der Waals surface area contributed by atoms with Crippen LogP contribution in [0.2, 0.25) is 5.02 Å². The first kappa shape index (κ1) is 24.6. The van der Waals surface area contributed by atoms with E-state index in [0.29, 0.717) is 11.0 Å². The van der Waals surface area contributed by atoms with Gasteiger partial charge in [0.15, 0.2) is 0 Å². The first-order chi connectivity index (χ1) is 16.1. The van der Waals surface area contributed by atoms with E-state index in [1.807, 2.05) is 12.1 Å². The molecule has 3 aromatic rings. The average molecular weight is 512 g/mol. The Balaban J connectivity index is 1.65. The molecule has 5 nitrogen and oxygen atoms in total. The molecule has 1 atom stereocenters. The molecule has 0 amide bonds. The zero-order valence-corrected chi connectivity index (χ0v) is 19.7. The van der Waals surface area contributed by atoms with Gasteiger partial charge >= 0.3 is 6.18 Å². The van der Waals surface area contributed by atoms with E-state index in [1.165, 1.54) is 6.92 Å².